The summed E-state index contributed by atoms with van der Waals surface area (Å²) in [6.45, 7) is 9.74. The van der Waals surface area contributed by atoms with E-state index in [4.69, 9.17) is 4.42 Å². The van der Waals surface area contributed by atoms with Gasteiger partial charge in [-0.25, -0.2) is 8.42 Å². The molecule has 1 aromatic rings. The van der Waals surface area contributed by atoms with E-state index in [1.807, 2.05) is 6.92 Å². The molecule has 6 nitrogen and oxygen atoms in total. The van der Waals surface area contributed by atoms with Crippen LogP contribution in [0.15, 0.2) is 9.31 Å². The number of hydrogen-bond donors (Lipinski definition) is 1. The summed E-state index contributed by atoms with van der Waals surface area (Å²) in [6, 6.07) is 0. The van der Waals surface area contributed by atoms with Crippen molar-refractivity contribution in [1.82, 2.24) is 14.5 Å². The first-order chi connectivity index (χ1) is 9.91. The summed E-state index contributed by atoms with van der Waals surface area (Å²) < 4.78 is 33.0. The molecule has 0 bridgehead atoms. The Hall–Kier alpha value is -0.890. The Kier molecular flexibility index (Phi) is 5.08. The zero-order chi connectivity index (χ0) is 15.6. The molecule has 21 heavy (non-hydrogen) atoms. The molecule has 0 aliphatic carbocycles. The lowest BCUT2D eigenvalue weighted by molar-refractivity contribution is 0.196. The number of hydrogen-bond acceptors (Lipinski definition) is 5. The van der Waals surface area contributed by atoms with Gasteiger partial charge in [0.05, 0.1) is 0 Å². The molecule has 0 saturated carbocycles. The van der Waals surface area contributed by atoms with Crippen LogP contribution in [0.2, 0.25) is 0 Å². The van der Waals surface area contributed by atoms with E-state index in [0.29, 0.717) is 36.1 Å². The zero-order valence-corrected chi connectivity index (χ0v) is 14.1. The monoisotopic (exact) mass is 315 g/mol. The molecule has 0 atom stereocenters. The highest BCUT2D eigenvalue weighted by atomic mass is 32.2. The maximum Gasteiger partial charge on any atom is 0.246 e. The number of aryl methyl sites for hydroxylation is 2. The fraction of sp³-hybridized carbons (Fsp3) is 0.714. The second kappa shape index (κ2) is 6.48. The number of nitrogens with one attached hydrogen (secondary N) is 1. The fourth-order valence-corrected chi connectivity index (χ4v) is 4.68. The highest BCUT2D eigenvalue weighted by molar-refractivity contribution is 7.89. The van der Waals surface area contributed by atoms with Crippen molar-refractivity contribution in [2.75, 3.05) is 39.8 Å². The predicted octanol–water partition coefficient (Wildman–Crippen LogP) is 0.942. The van der Waals surface area contributed by atoms with Crippen molar-refractivity contribution < 1.29 is 12.8 Å². The minimum absolute atomic E-state index is 0.347. The van der Waals surface area contributed by atoms with Crippen LogP contribution in [0.3, 0.4) is 0 Å². The molecule has 1 aliphatic heterocycles. The largest absolute Gasteiger partial charge is 0.465 e. The van der Waals surface area contributed by atoms with Crippen molar-refractivity contribution in [1.29, 1.82) is 0 Å². The molecular weight excluding hydrogens is 290 g/mol. The van der Waals surface area contributed by atoms with Crippen molar-refractivity contribution >= 4 is 10.0 Å². The van der Waals surface area contributed by atoms with E-state index in [9.17, 15) is 8.42 Å². The molecule has 0 spiro atoms. The summed E-state index contributed by atoms with van der Waals surface area (Å²) in [6.07, 6.45) is 0. The Morgan fingerprint density at radius 1 is 1.14 bits per heavy atom. The third-order valence-electron chi connectivity index (χ3n) is 4.05. The molecule has 1 saturated heterocycles. The summed E-state index contributed by atoms with van der Waals surface area (Å²) in [4.78, 5) is 2.60. The lowest BCUT2D eigenvalue weighted by Crippen LogP contribution is -2.48. The van der Waals surface area contributed by atoms with Gasteiger partial charge in [-0.15, -0.1) is 0 Å². The second-order valence-corrected chi connectivity index (χ2v) is 7.27. The van der Waals surface area contributed by atoms with E-state index in [1.165, 1.54) is 0 Å². The van der Waals surface area contributed by atoms with Crippen LogP contribution in [0.25, 0.3) is 0 Å². The maximum absolute atomic E-state index is 12.9. The van der Waals surface area contributed by atoms with E-state index in [1.54, 1.807) is 18.3 Å². The van der Waals surface area contributed by atoms with E-state index >= 15 is 0 Å². The van der Waals surface area contributed by atoms with Gasteiger partial charge in [0, 0.05) is 38.3 Å². The molecule has 1 aliphatic rings. The number of rotatable bonds is 5. The smallest absolute Gasteiger partial charge is 0.246 e. The molecule has 0 unspecified atom stereocenters. The first kappa shape index (κ1) is 16.5. The molecule has 1 fully saturated rings. The van der Waals surface area contributed by atoms with Crippen molar-refractivity contribution in [2.45, 2.75) is 32.2 Å². The van der Waals surface area contributed by atoms with Gasteiger partial charge in [-0.2, -0.15) is 4.31 Å². The highest BCUT2D eigenvalue weighted by Crippen LogP contribution is 2.29. The topological polar surface area (TPSA) is 65.8 Å². The van der Waals surface area contributed by atoms with Crippen LogP contribution in [-0.4, -0.2) is 57.4 Å². The molecule has 2 heterocycles. The molecule has 120 valence electrons. The zero-order valence-electron chi connectivity index (χ0n) is 13.3. The Morgan fingerprint density at radius 2 is 1.76 bits per heavy atom. The normalized spacial score (nSPS) is 18.3. The first-order valence-corrected chi connectivity index (χ1v) is 8.81. The minimum Gasteiger partial charge on any atom is -0.465 e. The van der Waals surface area contributed by atoms with Crippen LogP contribution in [0.5, 0.6) is 0 Å². The standard InChI is InChI=1S/C14H25N3O3S/c1-5-16-6-8-17(9-7-16)21(18,19)14-12(3)20-11(2)13(14)10-15-4/h15H,5-10H2,1-4H3. The average Bonchev–Trinajstić information content (AvgIpc) is 2.74. The summed E-state index contributed by atoms with van der Waals surface area (Å²) >= 11 is 0. The predicted molar refractivity (Wildman–Crippen MR) is 81.8 cm³/mol. The van der Waals surface area contributed by atoms with Gasteiger partial charge in [-0.05, 0) is 27.4 Å². The van der Waals surface area contributed by atoms with Crippen LogP contribution in [-0.2, 0) is 16.6 Å². The Balaban J connectivity index is 2.32. The molecule has 7 heteroatoms. The van der Waals surface area contributed by atoms with Crippen LogP contribution in [0.1, 0.15) is 24.0 Å². The molecule has 0 aromatic carbocycles. The SMILES string of the molecule is CCN1CCN(S(=O)(=O)c2c(C)oc(C)c2CNC)CC1. The maximum atomic E-state index is 12.9. The highest BCUT2D eigenvalue weighted by Gasteiger charge is 2.33. The van der Waals surface area contributed by atoms with Gasteiger partial charge in [0.15, 0.2) is 0 Å². The second-order valence-electron chi connectivity index (χ2n) is 5.39. The lowest BCUT2D eigenvalue weighted by atomic mass is 10.2. The van der Waals surface area contributed by atoms with Crippen molar-refractivity contribution in [3.63, 3.8) is 0 Å². The van der Waals surface area contributed by atoms with Gasteiger partial charge in [-0.3, -0.25) is 0 Å². The molecule has 1 aromatic heterocycles. The van der Waals surface area contributed by atoms with Gasteiger partial charge in [0.1, 0.15) is 16.4 Å². The van der Waals surface area contributed by atoms with Crippen LogP contribution >= 0.6 is 0 Å². The third kappa shape index (κ3) is 3.15. The summed E-state index contributed by atoms with van der Waals surface area (Å²) in [7, 11) is -1.68. The molecule has 2 rings (SSSR count). The average molecular weight is 315 g/mol. The van der Waals surface area contributed by atoms with Gasteiger partial charge in [0.25, 0.3) is 0 Å². The van der Waals surface area contributed by atoms with E-state index in [-0.39, 0.29) is 0 Å². The number of likely N-dealkylation sites (N-methyl/N-ethyl adjacent to an activating group) is 1. The lowest BCUT2D eigenvalue weighted by Gasteiger charge is -2.33. The molecule has 0 amide bonds. The Labute approximate surface area is 127 Å². The van der Waals surface area contributed by atoms with Crippen LogP contribution in [0, 0.1) is 13.8 Å². The first-order valence-electron chi connectivity index (χ1n) is 7.37. The quantitative estimate of drug-likeness (QED) is 0.876. The van der Waals surface area contributed by atoms with Crippen molar-refractivity contribution in [2.24, 2.45) is 0 Å². The molecule has 1 N–H and O–H groups in total. The number of sulfonamides is 1. The Morgan fingerprint density at radius 3 is 2.29 bits per heavy atom. The van der Waals surface area contributed by atoms with Gasteiger partial charge in [0.2, 0.25) is 10.0 Å². The summed E-state index contributed by atoms with van der Waals surface area (Å²) in [5.74, 6) is 1.16. The van der Waals surface area contributed by atoms with Gasteiger partial charge in [-0.1, -0.05) is 6.92 Å². The third-order valence-corrected chi connectivity index (χ3v) is 6.15. The van der Waals surface area contributed by atoms with E-state index in [2.05, 4.69) is 17.1 Å². The minimum atomic E-state index is -3.48. The number of furan rings is 1. The van der Waals surface area contributed by atoms with Crippen LogP contribution < -0.4 is 5.32 Å². The van der Waals surface area contributed by atoms with Crippen molar-refractivity contribution in [3.8, 4) is 0 Å². The van der Waals surface area contributed by atoms with E-state index < -0.39 is 10.0 Å². The van der Waals surface area contributed by atoms with E-state index in [0.717, 1.165) is 25.2 Å². The Bertz CT molecular complexity index is 587. The fourth-order valence-electron chi connectivity index (χ4n) is 2.84. The molecule has 0 radical (unpaired) electrons. The molecular formula is C14H25N3O3S. The van der Waals surface area contributed by atoms with Crippen molar-refractivity contribution in [3.05, 3.63) is 17.1 Å². The summed E-state index contributed by atoms with van der Waals surface area (Å²) in [5, 5.41) is 3.02. The van der Waals surface area contributed by atoms with Gasteiger partial charge < -0.3 is 14.6 Å². The van der Waals surface area contributed by atoms with Crippen LogP contribution in [0.4, 0.5) is 0 Å². The number of nitrogens with zero attached hydrogens (tertiary/aromatic N) is 2. The summed E-state index contributed by atoms with van der Waals surface area (Å²) in [5.41, 5.74) is 0.743. The van der Waals surface area contributed by atoms with Gasteiger partial charge >= 0.3 is 0 Å². The number of piperazine rings is 1.